The van der Waals surface area contributed by atoms with Crippen LogP contribution in [0, 0.1) is 3.57 Å². The molecule has 6 nitrogen and oxygen atoms in total. The first-order valence-electron chi connectivity index (χ1n) is 6.71. The van der Waals surface area contributed by atoms with Gasteiger partial charge in [0.05, 0.1) is 0 Å². The number of amides is 4. The highest BCUT2D eigenvalue weighted by molar-refractivity contribution is 14.1. The van der Waals surface area contributed by atoms with Gasteiger partial charge >= 0.3 is 6.03 Å². The summed E-state index contributed by atoms with van der Waals surface area (Å²) in [6.45, 7) is -0.132. The molecule has 3 rings (SSSR count). The van der Waals surface area contributed by atoms with Crippen LogP contribution >= 0.6 is 22.6 Å². The third kappa shape index (κ3) is 3.17. The van der Waals surface area contributed by atoms with Gasteiger partial charge in [-0.15, -0.1) is 0 Å². The number of nitrogens with zero attached hydrogens (tertiary/aromatic N) is 2. The third-order valence-corrected chi connectivity index (χ3v) is 4.22. The fourth-order valence-electron chi connectivity index (χ4n) is 2.27. The predicted molar refractivity (Wildman–Crippen MR) is 84.6 cm³/mol. The number of rotatable bonds is 4. The highest BCUT2D eigenvalue weighted by Gasteiger charge is 2.44. The Kier molecular flexibility index (Phi) is 3.83. The molecule has 0 spiro atoms. The lowest BCUT2D eigenvalue weighted by Crippen LogP contribution is -2.39. The Labute approximate surface area is 135 Å². The second-order valence-corrected chi connectivity index (χ2v) is 6.42. The topological polar surface area (TPSA) is 69.7 Å². The minimum absolute atomic E-state index is 0.0975. The molecule has 1 saturated heterocycles. The van der Waals surface area contributed by atoms with Crippen molar-refractivity contribution in [2.45, 2.75) is 18.9 Å². The van der Waals surface area contributed by atoms with Crippen molar-refractivity contribution in [2.24, 2.45) is 0 Å². The number of carbonyl (C=O) groups is 3. The molecular formula is C14H14IN3O3. The summed E-state index contributed by atoms with van der Waals surface area (Å²) in [6, 6.07) is 7.15. The zero-order chi connectivity index (χ0) is 15.0. The number of carbonyl (C=O) groups excluding carboxylic acids is 3. The van der Waals surface area contributed by atoms with Gasteiger partial charge in [0.25, 0.3) is 5.91 Å². The van der Waals surface area contributed by atoms with E-state index >= 15 is 0 Å². The van der Waals surface area contributed by atoms with Crippen LogP contribution in [0.2, 0.25) is 0 Å². The molecule has 1 aromatic carbocycles. The van der Waals surface area contributed by atoms with Crippen LogP contribution in [-0.4, -0.2) is 46.8 Å². The summed E-state index contributed by atoms with van der Waals surface area (Å²) in [7, 11) is 0. The summed E-state index contributed by atoms with van der Waals surface area (Å²) >= 11 is 2.17. The van der Waals surface area contributed by atoms with Crippen LogP contribution in [-0.2, 0) is 9.59 Å². The van der Waals surface area contributed by atoms with Gasteiger partial charge in [0.1, 0.15) is 13.1 Å². The minimum Gasteiger partial charge on any atom is -0.325 e. The summed E-state index contributed by atoms with van der Waals surface area (Å²) in [5.74, 6) is -0.666. The third-order valence-electron chi connectivity index (χ3n) is 3.50. The number of imide groups is 1. The zero-order valence-corrected chi connectivity index (χ0v) is 13.4. The number of hydrogen-bond donors (Lipinski definition) is 1. The number of hydrogen-bond acceptors (Lipinski definition) is 3. The molecule has 4 amide bonds. The maximum Gasteiger partial charge on any atom is 0.327 e. The van der Waals surface area contributed by atoms with Crippen molar-refractivity contribution >= 4 is 46.1 Å². The van der Waals surface area contributed by atoms with Crippen molar-refractivity contribution in [1.29, 1.82) is 0 Å². The second-order valence-electron chi connectivity index (χ2n) is 5.18. The Morgan fingerprint density at radius 3 is 2.52 bits per heavy atom. The van der Waals surface area contributed by atoms with Gasteiger partial charge in [0, 0.05) is 15.3 Å². The minimum atomic E-state index is -0.365. The van der Waals surface area contributed by atoms with Crippen LogP contribution in [0.4, 0.5) is 10.5 Å². The first-order valence-corrected chi connectivity index (χ1v) is 7.79. The molecule has 110 valence electrons. The number of nitrogens with one attached hydrogen (secondary N) is 1. The Morgan fingerprint density at radius 2 is 1.90 bits per heavy atom. The van der Waals surface area contributed by atoms with Crippen LogP contribution in [0.15, 0.2) is 24.3 Å². The van der Waals surface area contributed by atoms with Crippen molar-refractivity contribution in [3.05, 3.63) is 27.8 Å². The molecule has 2 aliphatic rings. The van der Waals surface area contributed by atoms with E-state index in [2.05, 4.69) is 27.9 Å². The summed E-state index contributed by atoms with van der Waals surface area (Å²) in [5, 5.41) is 2.69. The molecule has 1 aliphatic heterocycles. The first kappa shape index (κ1) is 14.3. The van der Waals surface area contributed by atoms with E-state index in [-0.39, 0.29) is 37.0 Å². The molecule has 1 heterocycles. The van der Waals surface area contributed by atoms with Gasteiger partial charge in [0.2, 0.25) is 5.91 Å². The number of benzene rings is 1. The summed E-state index contributed by atoms with van der Waals surface area (Å²) < 4.78 is 1.07. The molecule has 1 N–H and O–H groups in total. The Balaban J connectivity index is 1.60. The quantitative estimate of drug-likeness (QED) is 0.619. The molecule has 0 unspecified atom stereocenters. The van der Waals surface area contributed by atoms with Crippen molar-refractivity contribution in [1.82, 2.24) is 9.80 Å². The highest BCUT2D eigenvalue weighted by Crippen LogP contribution is 2.30. The van der Waals surface area contributed by atoms with E-state index in [1.807, 2.05) is 12.1 Å². The van der Waals surface area contributed by atoms with E-state index in [9.17, 15) is 14.4 Å². The van der Waals surface area contributed by atoms with Gasteiger partial charge in [-0.2, -0.15) is 0 Å². The standard InChI is InChI=1S/C14H14IN3O3/c15-9-1-3-10(4-2-9)16-12(19)7-18-13(20)8-17(14(18)21)11-5-6-11/h1-4,11H,5-8H2,(H,16,19). The molecule has 0 aromatic heterocycles. The van der Waals surface area contributed by atoms with E-state index in [0.29, 0.717) is 5.69 Å². The SMILES string of the molecule is O=C(CN1C(=O)CN(C2CC2)C1=O)Nc1ccc(I)cc1. The van der Waals surface area contributed by atoms with Crippen molar-refractivity contribution in [3.63, 3.8) is 0 Å². The van der Waals surface area contributed by atoms with Gasteiger partial charge in [-0.25, -0.2) is 4.79 Å². The van der Waals surface area contributed by atoms with E-state index in [1.54, 1.807) is 17.0 Å². The van der Waals surface area contributed by atoms with Crippen molar-refractivity contribution < 1.29 is 14.4 Å². The highest BCUT2D eigenvalue weighted by atomic mass is 127. The lowest BCUT2D eigenvalue weighted by Gasteiger charge is -2.16. The van der Waals surface area contributed by atoms with E-state index < -0.39 is 0 Å². The summed E-state index contributed by atoms with van der Waals surface area (Å²) in [4.78, 5) is 38.5. The monoisotopic (exact) mass is 399 g/mol. The molecule has 21 heavy (non-hydrogen) atoms. The molecule has 0 atom stereocenters. The maximum atomic E-state index is 12.1. The van der Waals surface area contributed by atoms with Crippen LogP contribution in [0.25, 0.3) is 0 Å². The Morgan fingerprint density at radius 1 is 1.24 bits per heavy atom. The maximum absolute atomic E-state index is 12.1. The van der Waals surface area contributed by atoms with Crippen molar-refractivity contribution in [3.8, 4) is 0 Å². The molecule has 1 aromatic rings. The van der Waals surface area contributed by atoms with E-state index in [0.717, 1.165) is 21.3 Å². The van der Waals surface area contributed by atoms with E-state index in [1.165, 1.54) is 0 Å². The van der Waals surface area contributed by atoms with E-state index in [4.69, 9.17) is 0 Å². The smallest absolute Gasteiger partial charge is 0.325 e. The van der Waals surface area contributed by atoms with Crippen molar-refractivity contribution in [2.75, 3.05) is 18.4 Å². The number of halogens is 1. The lowest BCUT2D eigenvalue weighted by molar-refractivity contribution is -0.129. The van der Waals surface area contributed by atoms with Gasteiger partial charge in [-0.3, -0.25) is 14.5 Å². The van der Waals surface area contributed by atoms with Gasteiger partial charge < -0.3 is 10.2 Å². The molecule has 1 aliphatic carbocycles. The van der Waals surface area contributed by atoms with Crippen LogP contribution in [0.5, 0.6) is 0 Å². The average molecular weight is 399 g/mol. The molecule has 2 fully saturated rings. The number of urea groups is 1. The average Bonchev–Trinajstić information content (AvgIpc) is 3.24. The summed E-state index contributed by atoms with van der Waals surface area (Å²) in [6.07, 6.45) is 1.89. The predicted octanol–water partition coefficient (Wildman–Crippen LogP) is 1.66. The Bertz CT molecular complexity index is 598. The summed E-state index contributed by atoms with van der Waals surface area (Å²) in [5.41, 5.74) is 0.651. The number of anilines is 1. The van der Waals surface area contributed by atoms with Gasteiger partial charge in [0.15, 0.2) is 0 Å². The first-order chi connectivity index (χ1) is 10.0. The van der Waals surface area contributed by atoms with Crippen LogP contribution < -0.4 is 5.32 Å². The largest absolute Gasteiger partial charge is 0.327 e. The van der Waals surface area contributed by atoms with Gasteiger partial charge in [-0.1, -0.05) is 0 Å². The molecule has 0 radical (unpaired) electrons. The fraction of sp³-hybridized carbons (Fsp3) is 0.357. The molecule has 0 bridgehead atoms. The van der Waals surface area contributed by atoms with Crippen LogP contribution in [0.1, 0.15) is 12.8 Å². The Hall–Kier alpha value is -1.64. The molecular weight excluding hydrogens is 385 g/mol. The zero-order valence-electron chi connectivity index (χ0n) is 11.2. The lowest BCUT2D eigenvalue weighted by atomic mass is 10.3. The van der Waals surface area contributed by atoms with Crippen LogP contribution in [0.3, 0.4) is 0 Å². The molecule has 7 heteroatoms. The second kappa shape index (κ2) is 5.63. The normalized spacial score (nSPS) is 18.3. The molecule has 1 saturated carbocycles. The van der Waals surface area contributed by atoms with Gasteiger partial charge in [-0.05, 0) is 59.7 Å². The fourth-order valence-corrected chi connectivity index (χ4v) is 2.62.